The number of pyridine rings is 1. The highest BCUT2D eigenvalue weighted by Crippen LogP contribution is 2.16. The Morgan fingerprint density at radius 1 is 1.30 bits per heavy atom. The maximum Gasteiger partial charge on any atom is 0.409 e. The Bertz CT molecular complexity index is 556. The average molecular weight is 320 g/mol. The molecule has 1 aromatic heterocycles. The lowest BCUT2D eigenvalue weighted by atomic mass is 9.97. The molecule has 0 bridgehead atoms. The molecule has 0 aromatic carbocycles. The van der Waals surface area contributed by atoms with Crippen LogP contribution in [0.5, 0.6) is 0 Å². The summed E-state index contributed by atoms with van der Waals surface area (Å²) in [6, 6.07) is 3.32. The summed E-state index contributed by atoms with van der Waals surface area (Å²) in [5, 5.41) is 5.10. The summed E-state index contributed by atoms with van der Waals surface area (Å²) < 4.78 is 4.67. The van der Waals surface area contributed by atoms with Gasteiger partial charge in [0.05, 0.1) is 19.0 Å². The molecule has 2 rings (SSSR count). The number of rotatable bonds is 3. The second-order valence-electron chi connectivity index (χ2n) is 5.31. The van der Waals surface area contributed by atoms with E-state index in [1.165, 1.54) is 13.3 Å². The van der Waals surface area contributed by atoms with Crippen LogP contribution >= 0.6 is 0 Å². The van der Waals surface area contributed by atoms with Crippen molar-refractivity contribution in [1.29, 1.82) is 0 Å². The lowest BCUT2D eigenvalue weighted by molar-refractivity contribution is -0.136. The molecule has 124 valence electrons. The summed E-state index contributed by atoms with van der Waals surface area (Å²) in [5.41, 5.74) is 0.471. The first-order valence-corrected chi connectivity index (χ1v) is 7.42. The maximum absolute atomic E-state index is 11.8. The third-order valence-electron chi connectivity index (χ3n) is 3.72. The molecular formula is C15H20N4O4. The van der Waals surface area contributed by atoms with Crippen molar-refractivity contribution in [3.05, 3.63) is 24.5 Å². The number of nitrogens with zero attached hydrogens (tertiary/aromatic N) is 2. The third-order valence-corrected chi connectivity index (χ3v) is 3.72. The Morgan fingerprint density at radius 3 is 2.65 bits per heavy atom. The van der Waals surface area contributed by atoms with Gasteiger partial charge >= 0.3 is 17.9 Å². The number of nitrogens with one attached hydrogen (secondary N) is 2. The minimum absolute atomic E-state index is 0.242. The molecule has 3 amide bonds. The number of ether oxygens (including phenoxy) is 1. The molecule has 1 saturated heterocycles. The summed E-state index contributed by atoms with van der Waals surface area (Å²) in [6.07, 6.45) is 4.24. The highest BCUT2D eigenvalue weighted by atomic mass is 16.5. The van der Waals surface area contributed by atoms with E-state index in [1.807, 2.05) is 0 Å². The summed E-state index contributed by atoms with van der Waals surface area (Å²) in [4.78, 5) is 40.4. The van der Waals surface area contributed by atoms with Crippen molar-refractivity contribution in [2.45, 2.75) is 12.8 Å². The standard InChI is InChI=1S/C15H20N4O4/c1-23-15(22)19-7-4-11(5-8-19)9-17-13(20)14(21)18-12-3-2-6-16-10-12/h2-3,6,10-11H,4-5,7-9H2,1H3,(H,17,20)(H,18,21). The van der Waals surface area contributed by atoms with E-state index in [1.54, 1.807) is 23.2 Å². The number of piperidine rings is 1. The van der Waals surface area contributed by atoms with Crippen molar-refractivity contribution in [3.63, 3.8) is 0 Å². The number of aromatic nitrogens is 1. The largest absolute Gasteiger partial charge is 0.453 e. The molecule has 1 aliphatic heterocycles. The molecule has 2 N–H and O–H groups in total. The number of hydrogen-bond acceptors (Lipinski definition) is 5. The summed E-state index contributed by atoms with van der Waals surface area (Å²) >= 11 is 0. The molecule has 1 aromatic rings. The monoisotopic (exact) mass is 320 g/mol. The normalized spacial score (nSPS) is 14.9. The van der Waals surface area contributed by atoms with Crippen molar-refractivity contribution < 1.29 is 19.1 Å². The quantitative estimate of drug-likeness (QED) is 0.795. The van der Waals surface area contributed by atoms with Gasteiger partial charge in [-0.25, -0.2) is 4.79 Å². The van der Waals surface area contributed by atoms with Gasteiger partial charge in [-0.3, -0.25) is 14.6 Å². The number of likely N-dealkylation sites (tertiary alicyclic amines) is 1. The Labute approximate surface area is 134 Å². The highest BCUT2D eigenvalue weighted by molar-refractivity contribution is 6.39. The molecule has 8 heteroatoms. The molecule has 1 aliphatic rings. The van der Waals surface area contributed by atoms with Gasteiger partial charge in [0.1, 0.15) is 0 Å². The lowest BCUT2D eigenvalue weighted by Gasteiger charge is -2.30. The predicted octanol–water partition coefficient (Wildman–Crippen LogP) is 0.615. The van der Waals surface area contributed by atoms with Crippen LogP contribution in [0.25, 0.3) is 0 Å². The Balaban J connectivity index is 1.71. The molecule has 0 unspecified atom stereocenters. The van der Waals surface area contributed by atoms with Crippen LogP contribution in [0.3, 0.4) is 0 Å². The fraction of sp³-hybridized carbons (Fsp3) is 0.467. The van der Waals surface area contributed by atoms with Gasteiger partial charge in [-0.1, -0.05) is 0 Å². The van der Waals surface area contributed by atoms with E-state index in [2.05, 4.69) is 20.4 Å². The van der Waals surface area contributed by atoms with Crippen molar-refractivity contribution in [2.24, 2.45) is 5.92 Å². The van der Waals surface area contributed by atoms with Crippen LogP contribution < -0.4 is 10.6 Å². The van der Waals surface area contributed by atoms with E-state index >= 15 is 0 Å². The van der Waals surface area contributed by atoms with Gasteiger partial charge in [0.15, 0.2) is 0 Å². The molecule has 0 radical (unpaired) electrons. The fourth-order valence-corrected chi connectivity index (χ4v) is 2.39. The van der Waals surface area contributed by atoms with Crippen molar-refractivity contribution in [2.75, 3.05) is 32.1 Å². The van der Waals surface area contributed by atoms with E-state index in [0.717, 1.165) is 12.8 Å². The summed E-state index contributed by atoms with van der Waals surface area (Å²) in [6.45, 7) is 1.60. The SMILES string of the molecule is COC(=O)N1CCC(CNC(=O)C(=O)Nc2cccnc2)CC1. The number of anilines is 1. The number of carbonyl (C=O) groups excluding carboxylic acids is 3. The number of hydrogen-bond donors (Lipinski definition) is 2. The number of amides is 3. The number of methoxy groups -OCH3 is 1. The van der Waals surface area contributed by atoms with E-state index in [0.29, 0.717) is 25.3 Å². The van der Waals surface area contributed by atoms with Gasteiger partial charge in [0.25, 0.3) is 0 Å². The van der Waals surface area contributed by atoms with Gasteiger partial charge in [-0.2, -0.15) is 0 Å². The summed E-state index contributed by atoms with van der Waals surface area (Å²) in [7, 11) is 1.36. The smallest absolute Gasteiger partial charge is 0.409 e. The van der Waals surface area contributed by atoms with Gasteiger partial charge in [0, 0.05) is 25.8 Å². The van der Waals surface area contributed by atoms with Crippen LogP contribution in [0.15, 0.2) is 24.5 Å². The third kappa shape index (κ3) is 4.94. The zero-order valence-electron chi connectivity index (χ0n) is 12.9. The molecule has 1 fully saturated rings. The molecule has 23 heavy (non-hydrogen) atoms. The van der Waals surface area contributed by atoms with Crippen LogP contribution in [0.4, 0.5) is 10.5 Å². The fourth-order valence-electron chi connectivity index (χ4n) is 2.39. The molecule has 0 spiro atoms. The Morgan fingerprint density at radius 2 is 2.04 bits per heavy atom. The van der Waals surface area contributed by atoms with Gasteiger partial charge in [0.2, 0.25) is 0 Å². The summed E-state index contributed by atoms with van der Waals surface area (Å²) in [5.74, 6) is -1.15. The molecule has 8 nitrogen and oxygen atoms in total. The van der Waals surface area contributed by atoms with Crippen LogP contribution in [-0.4, -0.2) is 54.5 Å². The van der Waals surface area contributed by atoms with Crippen LogP contribution in [0.1, 0.15) is 12.8 Å². The van der Waals surface area contributed by atoms with Crippen molar-refractivity contribution in [3.8, 4) is 0 Å². The second kappa shape index (κ2) is 8.11. The maximum atomic E-state index is 11.8. The zero-order chi connectivity index (χ0) is 16.7. The molecule has 2 heterocycles. The second-order valence-corrected chi connectivity index (χ2v) is 5.31. The molecule has 0 atom stereocenters. The van der Waals surface area contributed by atoms with Gasteiger partial charge in [-0.05, 0) is 30.9 Å². The Kier molecular flexibility index (Phi) is 5.90. The topological polar surface area (TPSA) is 101 Å². The van der Waals surface area contributed by atoms with Crippen molar-refractivity contribution >= 4 is 23.6 Å². The first kappa shape index (κ1) is 16.7. The van der Waals surface area contributed by atoms with E-state index in [4.69, 9.17) is 0 Å². The zero-order valence-corrected chi connectivity index (χ0v) is 12.9. The van der Waals surface area contributed by atoms with E-state index < -0.39 is 11.8 Å². The predicted molar refractivity (Wildman–Crippen MR) is 82.6 cm³/mol. The number of carbonyl (C=O) groups is 3. The average Bonchev–Trinajstić information content (AvgIpc) is 2.60. The van der Waals surface area contributed by atoms with Gasteiger partial charge in [-0.15, -0.1) is 0 Å². The lowest BCUT2D eigenvalue weighted by Crippen LogP contribution is -2.43. The van der Waals surface area contributed by atoms with Crippen molar-refractivity contribution in [1.82, 2.24) is 15.2 Å². The molecule has 0 aliphatic carbocycles. The van der Waals surface area contributed by atoms with E-state index in [9.17, 15) is 14.4 Å². The highest BCUT2D eigenvalue weighted by Gasteiger charge is 2.24. The van der Waals surface area contributed by atoms with Gasteiger partial charge < -0.3 is 20.3 Å². The van der Waals surface area contributed by atoms with E-state index in [-0.39, 0.29) is 12.0 Å². The molecule has 0 saturated carbocycles. The van der Waals surface area contributed by atoms with Crippen LogP contribution in [0.2, 0.25) is 0 Å². The molecular weight excluding hydrogens is 300 g/mol. The van der Waals surface area contributed by atoms with Crippen LogP contribution in [0, 0.1) is 5.92 Å². The Hall–Kier alpha value is -2.64. The van der Waals surface area contributed by atoms with Crippen LogP contribution in [-0.2, 0) is 14.3 Å². The first-order chi connectivity index (χ1) is 11.1. The minimum atomic E-state index is -0.718. The minimum Gasteiger partial charge on any atom is -0.453 e. The first-order valence-electron chi connectivity index (χ1n) is 7.42.